The first-order valence-electron chi connectivity index (χ1n) is 10.3. The van der Waals surface area contributed by atoms with Crippen molar-refractivity contribution in [1.82, 2.24) is 14.9 Å². The van der Waals surface area contributed by atoms with E-state index in [1.54, 1.807) is 0 Å². The second kappa shape index (κ2) is 7.67. The van der Waals surface area contributed by atoms with Gasteiger partial charge >= 0.3 is 0 Å². The van der Waals surface area contributed by atoms with E-state index in [-0.39, 0.29) is 12.6 Å². The number of aromatic nitrogens is 2. The first kappa shape index (κ1) is 18.4. The number of hydrogen-bond donors (Lipinski definition) is 4. The number of aromatic amines is 1. The van der Waals surface area contributed by atoms with Crippen molar-refractivity contribution in [1.29, 1.82) is 0 Å². The van der Waals surface area contributed by atoms with Crippen LogP contribution in [0.2, 0.25) is 0 Å². The average molecular weight is 394 g/mol. The second-order valence-electron chi connectivity index (χ2n) is 7.76. The Kier molecular flexibility index (Phi) is 4.87. The highest BCUT2D eigenvalue weighted by Gasteiger charge is 2.35. The largest absolute Gasteiger partial charge is 0.491 e. The predicted octanol–water partition coefficient (Wildman–Crippen LogP) is 2.52. The van der Waals surface area contributed by atoms with Crippen LogP contribution in [0.3, 0.4) is 0 Å². The lowest BCUT2D eigenvalue weighted by Crippen LogP contribution is -2.44. The molecule has 3 aromatic rings. The molecule has 0 radical (unpaired) electrons. The number of rotatable bonds is 5. The summed E-state index contributed by atoms with van der Waals surface area (Å²) < 4.78 is 6.10. The summed E-state index contributed by atoms with van der Waals surface area (Å²) in [5.74, 6) is 1.45. The molecule has 7 nitrogen and oxygen atoms in total. The van der Waals surface area contributed by atoms with E-state index in [1.165, 1.54) is 12.8 Å². The second-order valence-corrected chi connectivity index (χ2v) is 7.76. The fourth-order valence-electron chi connectivity index (χ4n) is 4.47. The van der Waals surface area contributed by atoms with Crippen LogP contribution in [0, 0.1) is 0 Å². The van der Waals surface area contributed by atoms with E-state index in [0.717, 1.165) is 46.6 Å². The summed E-state index contributed by atoms with van der Waals surface area (Å²) in [5.41, 5.74) is 3.68. The molecule has 2 aromatic heterocycles. The Morgan fingerprint density at radius 3 is 2.90 bits per heavy atom. The molecule has 1 saturated heterocycles. The summed E-state index contributed by atoms with van der Waals surface area (Å²) in [6.45, 7) is 3.06. The normalized spacial score (nSPS) is 21.9. The van der Waals surface area contributed by atoms with Gasteiger partial charge in [0.2, 0.25) is 0 Å². The average Bonchev–Trinajstić information content (AvgIpc) is 3.43. The van der Waals surface area contributed by atoms with E-state index in [0.29, 0.717) is 19.0 Å². The summed E-state index contributed by atoms with van der Waals surface area (Å²) in [4.78, 5) is 10.1. The third-order valence-electron chi connectivity index (χ3n) is 5.97. The molecule has 29 heavy (non-hydrogen) atoms. The summed E-state index contributed by atoms with van der Waals surface area (Å²) >= 11 is 0. The molecule has 0 spiro atoms. The third kappa shape index (κ3) is 3.35. The van der Waals surface area contributed by atoms with E-state index in [4.69, 9.17) is 9.84 Å². The Balaban J connectivity index is 1.50. The van der Waals surface area contributed by atoms with Gasteiger partial charge < -0.3 is 25.3 Å². The lowest BCUT2D eigenvalue weighted by Gasteiger charge is -2.36. The van der Waals surface area contributed by atoms with E-state index >= 15 is 0 Å². The van der Waals surface area contributed by atoms with Crippen LogP contribution < -0.4 is 10.1 Å². The molecular formula is C22H26N4O3. The monoisotopic (exact) mass is 394 g/mol. The number of pyridine rings is 1. The number of anilines is 1. The van der Waals surface area contributed by atoms with Gasteiger partial charge in [-0.15, -0.1) is 0 Å². The Labute approximate surface area is 169 Å². The number of likely N-dealkylation sites (tertiary alicyclic amines) is 1. The molecule has 152 valence electrons. The number of ether oxygens (including phenoxy) is 1. The lowest BCUT2D eigenvalue weighted by molar-refractivity contribution is 0.0140. The lowest BCUT2D eigenvalue weighted by atomic mass is 9.94. The molecule has 0 aliphatic carbocycles. The molecule has 0 unspecified atom stereocenters. The van der Waals surface area contributed by atoms with Gasteiger partial charge in [-0.05, 0) is 55.3 Å². The molecule has 2 aliphatic heterocycles. The van der Waals surface area contributed by atoms with Crippen LogP contribution in [0.5, 0.6) is 5.75 Å². The highest BCUT2D eigenvalue weighted by molar-refractivity contribution is 5.95. The van der Waals surface area contributed by atoms with Gasteiger partial charge in [0.15, 0.2) is 0 Å². The van der Waals surface area contributed by atoms with E-state index in [1.807, 2.05) is 36.5 Å². The zero-order valence-corrected chi connectivity index (χ0v) is 16.3. The number of nitrogens with zero attached hydrogens (tertiary/aromatic N) is 2. The molecule has 0 saturated carbocycles. The maximum absolute atomic E-state index is 11.0. The minimum Gasteiger partial charge on any atom is -0.491 e. The van der Waals surface area contributed by atoms with Gasteiger partial charge in [0, 0.05) is 23.7 Å². The number of H-pyrrole nitrogens is 1. The van der Waals surface area contributed by atoms with Gasteiger partial charge in [-0.2, -0.15) is 0 Å². The highest BCUT2D eigenvalue weighted by Crippen LogP contribution is 2.39. The molecular weight excluding hydrogens is 368 g/mol. The number of hydrogen-bond acceptors (Lipinski definition) is 6. The molecule has 0 bridgehead atoms. The fraction of sp³-hybridized carbons (Fsp3) is 0.409. The molecule has 4 N–H and O–H groups in total. The van der Waals surface area contributed by atoms with Crippen molar-refractivity contribution in [2.24, 2.45) is 0 Å². The van der Waals surface area contributed by atoms with Crippen LogP contribution in [-0.4, -0.2) is 64.0 Å². The van der Waals surface area contributed by atoms with Crippen LogP contribution in [0.1, 0.15) is 24.5 Å². The van der Waals surface area contributed by atoms with Gasteiger partial charge in [-0.25, -0.2) is 4.98 Å². The number of aliphatic hydroxyl groups is 2. The Hall–Kier alpha value is -2.61. The molecule has 5 rings (SSSR count). The Morgan fingerprint density at radius 1 is 1.21 bits per heavy atom. The SMILES string of the molecule is OCCNc1cc(-c2ccc3c(c2)OC[C@H](N2CCCC2)[C@H]3O)c2cc[nH]c2n1. The van der Waals surface area contributed by atoms with Crippen LogP contribution >= 0.6 is 0 Å². The quantitative estimate of drug-likeness (QED) is 0.531. The van der Waals surface area contributed by atoms with Crippen LogP contribution in [-0.2, 0) is 0 Å². The van der Waals surface area contributed by atoms with Crippen LogP contribution in [0.4, 0.5) is 5.82 Å². The predicted molar refractivity (Wildman–Crippen MR) is 112 cm³/mol. The molecule has 0 amide bonds. The molecule has 2 aliphatic rings. The van der Waals surface area contributed by atoms with E-state index in [9.17, 15) is 5.11 Å². The van der Waals surface area contributed by atoms with Crippen molar-refractivity contribution in [2.45, 2.75) is 25.0 Å². The molecule has 4 heterocycles. The number of nitrogens with one attached hydrogen (secondary N) is 2. The van der Waals surface area contributed by atoms with Crippen molar-refractivity contribution in [3.8, 4) is 16.9 Å². The first-order valence-corrected chi connectivity index (χ1v) is 10.3. The third-order valence-corrected chi connectivity index (χ3v) is 5.97. The molecule has 2 atom stereocenters. The molecule has 7 heteroatoms. The van der Waals surface area contributed by atoms with Gasteiger partial charge in [0.05, 0.1) is 12.6 Å². The Morgan fingerprint density at radius 2 is 2.07 bits per heavy atom. The van der Waals surface area contributed by atoms with Crippen LogP contribution in [0.25, 0.3) is 22.2 Å². The van der Waals surface area contributed by atoms with Crippen molar-refractivity contribution in [2.75, 3.05) is 38.2 Å². The summed E-state index contributed by atoms with van der Waals surface area (Å²) in [6, 6.07) is 10.1. The van der Waals surface area contributed by atoms with Gasteiger partial charge in [0.25, 0.3) is 0 Å². The number of aliphatic hydroxyl groups excluding tert-OH is 2. The minimum atomic E-state index is -0.530. The fourth-order valence-corrected chi connectivity index (χ4v) is 4.47. The zero-order chi connectivity index (χ0) is 19.8. The van der Waals surface area contributed by atoms with E-state index < -0.39 is 6.10 Å². The van der Waals surface area contributed by atoms with Crippen molar-refractivity contribution in [3.63, 3.8) is 0 Å². The van der Waals surface area contributed by atoms with Gasteiger partial charge in [-0.1, -0.05) is 12.1 Å². The van der Waals surface area contributed by atoms with Crippen molar-refractivity contribution >= 4 is 16.9 Å². The maximum Gasteiger partial charge on any atom is 0.140 e. The minimum absolute atomic E-state index is 0.0300. The maximum atomic E-state index is 11.0. The van der Waals surface area contributed by atoms with Crippen molar-refractivity contribution < 1.29 is 14.9 Å². The first-order chi connectivity index (χ1) is 14.2. The summed E-state index contributed by atoms with van der Waals surface area (Å²) in [6.07, 6.45) is 3.72. The summed E-state index contributed by atoms with van der Waals surface area (Å²) in [5, 5.41) is 24.2. The summed E-state index contributed by atoms with van der Waals surface area (Å²) in [7, 11) is 0. The van der Waals surface area contributed by atoms with Crippen molar-refractivity contribution in [3.05, 3.63) is 42.1 Å². The number of benzene rings is 1. The van der Waals surface area contributed by atoms with Gasteiger partial charge in [-0.3, -0.25) is 4.90 Å². The van der Waals surface area contributed by atoms with Crippen LogP contribution in [0.15, 0.2) is 36.5 Å². The Bertz CT molecular complexity index is 1010. The number of fused-ring (bicyclic) bond motifs is 2. The highest BCUT2D eigenvalue weighted by atomic mass is 16.5. The zero-order valence-electron chi connectivity index (χ0n) is 16.3. The standard InChI is InChI=1S/C22H26N4O3/c27-10-7-23-20-12-17(15-5-6-24-22(15)25-20)14-3-4-16-19(11-14)29-13-18(21(16)28)26-8-1-2-9-26/h3-6,11-12,18,21,27-28H,1-2,7-10,13H2,(H2,23,24,25)/t18-,21-/m0/s1. The molecule has 1 fully saturated rings. The van der Waals surface area contributed by atoms with Gasteiger partial charge in [0.1, 0.15) is 29.9 Å². The topological polar surface area (TPSA) is 93.6 Å². The molecule has 1 aromatic carbocycles. The smallest absolute Gasteiger partial charge is 0.140 e. The van der Waals surface area contributed by atoms with E-state index in [2.05, 4.69) is 20.2 Å².